The molecule has 0 atom stereocenters. The van der Waals surface area contributed by atoms with Crippen LogP contribution in [0.1, 0.15) is 38.8 Å². The van der Waals surface area contributed by atoms with E-state index in [1.54, 1.807) is 33.0 Å². The lowest BCUT2D eigenvalue weighted by Gasteiger charge is -2.32. The van der Waals surface area contributed by atoms with Crippen LogP contribution in [0.4, 0.5) is 26.3 Å². The Morgan fingerprint density at radius 2 is 1.57 bits per heavy atom. The van der Waals surface area contributed by atoms with Crippen molar-refractivity contribution >= 4 is 18.5 Å². The molecule has 156 valence electrons. The summed E-state index contributed by atoms with van der Waals surface area (Å²) in [6.07, 6.45) is -10.2. The molecule has 1 saturated heterocycles. The van der Waals surface area contributed by atoms with Crippen molar-refractivity contribution in [2.45, 2.75) is 57.7 Å². The minimum atomic E-state index is -5.10. The van der Waals surface area contributed by atoms with Crippen molar-refractivity contribution in [2.75, 3.05) is 6.54 Å². The third kappa shape index (κ3) is 4.80. The van der Waals surface area contributed by atoms with Gasteiger partial charge in [-0.05, 0) is 45.1 Å². The van der Waals surface area contributed by atoms with Gasteiger partial charge < -0.3 is 14.6 Å². The smallest absolute Gasteiger partial charge is 0.399 e. The van der Waals surface area contributed by atoms with Crippen molar-refractivity contribution in [3.8, 4) is 0 Å². The van der Waals surface area contributed by atoms with Crippen LogP contribution in [-0.2, 0) is 26.7 Å². The van der Waals surface area contributed by atoms with E-state index in [0.717, 1.165) is 6.07 Å². The van der Waals surface area contributed by atoms with Crippen LogP contribution in [0.2, 0.25) is 0 Å². The van der Waals surface area contributed by atoms with Gasteiger partial charge in [-0.25, -0.2) is 0 Å². The van der Waals surface area contributed by atoms with Crippen LogP contribution in [-0.4, -0.2) is 36.9 Å². The Hall–Kier alpha value is -1.75. The van der Waals surface area contributed by atoms with E-state index < -0.39 is 55.1 Å². The summed E-state index contributed by atoms with van der Waals surface area (Å²) in [7, 11) is -0.921. The fourth-order valence-corrected chi connectivity index (χ4v) is 2.63. The first-order chi connectivity index (χ1) is 12.5. The lowest BCUT2D eigenvalue weighted by atomic mass is 9.77. The Kier molecular flexibility index (Phi) is 5.84. The Balaban J connectivity index is 2.25. The van der Waals surface area contributed by atoms with Crippen molar-refractivity contribution in [3.05, 3.63) is 29.3 Å². The van der Waals surface area contributed by atoms with Crippen molar-refractivity contribution in [2.24, 2.45) is 0 Å². The van der Waals surface area contributed by atoms with Crippen molar-refractivity contribution in [3.63, 3.8) is 0 Å². The maximum absolute atomic E-state index is 13.2. The van der Waals surface area contributed by atoms with Gasteiger partial charge in [0, 0.05) is 6.54 Å². The zero-order valence-electron chi connectivity index (χ0n) is 15.7. The second kappa shape index (κ2) is 7.25. The molecule has 1 fully saturated rings. The van der Waals surface area contributed by atoms with Crippen LogP contribution in [0.3, 0.4) is 0 Å². The molecule has 1 N–H and O–H groups in total. The Bertz CT molecular complexity index is 729. The van der Waals surface area contributed by atoms with E-state index in [1.165, 1.54) is 12.1 Å². The van der Waals surface area contributed by atoms with Crippen molar-refractivity contribution < 1.29 is 40.4 Å². The summed E-state index contributed by atoms with van der Waals surface area (Å²) in [4.78, 5) is 10.9. The SMILES string of the molecule is CC1(C)OB(c2ccc(C(F)(F)F)c(CCNC(=O)C(F)(F)F)c2)OC1(C)C. The molecular formula is C17H20BF6NO3. The van der Waals surface area contributed by atoms with Crippen molar-refractivity contribution in [1.82, 2.24) is 5.32 Å². The van der Waals surface area contributed by atoms with Gasteiger partial charge in [-0.1, -0.05) is 18.2 Å². The van der Waals surface area contributed by atoms with E-state index in [2.05, 4.69) is 0 Å². The molecule has 0 aromatic heterocycles. The number of benzene rings is 1. The monoisotopic (exact) mass is 411 g/mol. The van der Waals surface area contributed by atoms with E-state index in [0.29, 0.717) is 5.46 Å². The van der Waals surface area contributed by atoms with Gasteiger partial charge in [0.1, 0.15) is 0 Å². The third-order valence-corrected chi connectivity index (χ3v) is 4.90. The number of hydrogen-bond acceptors (Lipinski definition) is 3. The lowest BCUT2D eigenvalue weighted by Crippen LogP contribution is -2.41. The van der Waals surface area contributed by atoms with Crippen LogP contribution in [0, 0.1) is 0 Å². The summed E-state index contributed by atoms with van der Waals surface area (Å²) >= 11 is 0. The maximum Gasteiger partial charge on any atom is 0.494 e. The summed E-state index contributed by atoms with van der Waals surface area (Å²) in [5, 5.41) is 1.57. The molecule has 1 aliphatic rings. The predicted molar refractivity (Wildman–Crippen MR) is 89.9 cm³/mol. The predicted octanol–water partition coefficient (Wildman–Crippen LogP) is 3.23. The van der Waals surface area contributed by atoms with E-state index in [1.807, 2.05) is 0 Å². The van der Waals surface area contributed by atoms with Gasteiger partial charge in [0.15, 0.2) is 0 Å². The Labute approximate surface area is 158 Å². The van der Waals surface area contributed by atoms with Gasteiger partial charge >= 0.3 is 25.4 Å². The largest absolute Gasteiger partial charge is 0.494 e. The number of carbonyl (C=O) groups excluding carboxylic acids is 1. The van der Waals surface area contributed by atoms with Crippen LogP contribution in [0.5, 0.6) is 0 Å². The summed E-state index contributed by atoms with van der Waals surface area (Å²) < 4.78 is 88.0. The zero-order chi connectivity index (χ0) is 21.5. The molecule has 1 aromatic carbocycles. The van der Waals surface area contributed by atoms with Gasteiger partial charge in [-0.15, -0.1) is 0 Å². The average molecular weight is 411 g/mol. The Morgan fingerprint density at radius 3 is 2.04 bits per heavy atom. The first-order valence-electron chi connectivity index (χ1n) is 8.45. The number of nitrogens with one attached hydrogen (secondary N) is 1. The van der Waals surface area contributed by atoms with E-state index in [4.69, 9.17) is 9.31 Å². The van der Waals surface area contributed by atoms with Crippen LogP contribution in [0.15, 0.2) is 18.2 Å². The number of carbonyl (C=O) groups is 1. The zero-order valence-corrected chi connectivity index (χ0v) is 15.7. The van der Waals surface area contributed by atoms with Gasteiger partial charge in [0.05, 0.1) is 16.8 Å². The number of rotatable bonds is 4. The number of amides is 1. The molecule has 0 bridgehead atoms. The van der Waals surface area contributed by atoms with Gasteiger partial charge in [-0.3, -0.25) is 4.79 Å². The summed E-state index contributed by atoms with van der Waals surface area (Å²) in [5.41, 5.74) is -2.36. The Morgan fingerprint density at radius 1 is 1.04 bits per heavy atom. The molecule has 1 aromatic rings. The van der Waals surface area contributed by atoms with Crippen LogP contribution < -0.4 is 10.8 Å². The fraction of sp³-hybridized carbons (Fsp3) is 0.588. The molecule has 4 nitrogen and oxygen atoms in total. The minimum Gasteiger partial charge on any atom is -0.399 e. The quantitative estimate of drug-likeness (QED) is 0.612. The van der Waals surface area contributed by atoms with E-state index >= 15 is 0 Å². The highest BCUT2D eigenvalue weighted by molar-refractivity contribution is 6.62. The minimum absolute atomic E-state index is 0.262. The first kappa shape index (κ1) is 22.5. The number of alkyl halides is 6. The number of halogens is 6. The molecule has 28 heavy (non-hydrogen) atoms. The first-order valence-corrected chi connectivity index (χ1v) is 8.45. The molecule has 1 amide bonds. The molecule has 0 saturated carbocycles. The van der Waals surface area contributed by atoms with Crippen LogP contribution >= 0.6 is 0 Å². The molecule has 0 aliphatic carbocycles. The third-order valence-electron chi connectivity index (χ3n) is 4.90. The van der Waals surface area contributed by atoms with E-state index in [9.17, 15) is 31.1 Å². The fourth-order valence-electron chi connectivity index (χ4n) is 2.63. The highest BCUT2D eigenvalue weighted by Gasteiger charge is 2.52. The van der Waals surface area contributed by atoms with Crippen LogP contribution in [0.25, 0.3) is 0 Å². The number of hydrogen-bond donors (Lipinski definition) is 1. The second-order valence-electron chi connectivity index (χ2n) is 7.51. The lowest BCUT2D eigenvalue weighted by molar-refractivity contribution is -0.173. The molecule has 1 aliphatic heterocycles. The van der Waals surface area contributed by atoms with Gasteiger partial charge in [0.2, 0.25) is 0 Å². The molecule has 11 heteroatoms. The molecular weight excluding hydrogens is 391 g/mol. The van der Waals surface area contributed by atoms with Gasteiger partial charge in [-0.2, -0.15) is 26.3 Å². The second-order valence-corrected chi connectivity index (χ2v) is 7.51. The summed E-state index contributed by atoms with van der Waals surface area (Å²) in [6, 6.07) is 3.23. The molecule has 2 rings (SSSR count). The molecule has 0 unspecified atom stereocenters. The highest BCUT2D eigenvalue weighted by Crippen LogP contribution is 2.37. The summed E-state index contributed by atoms with van der Waals surface area (Å²) in [6.45, 7) is 6.53. The molecule has 1 heterocycles. The standard InChI is InChI=1S/C17H20BF6NO3/c1-14(2)15(3,4)28-18(27-14)11-5-6-12(16(19,20)21)10(9-11)7-8-25-13(26)17(22,23)24/h5-6,9H,7-8H2,1-4H3,(H,25,26). The van der Waals surface area contributed by atoms with Crippen molar-refractivity contribution in [1.29, 1.82) is 0 Å². The highest BCUT2D eigenvalue weighted by atomic mass is 19.4. The normalized spacial score (nSPS) is 19.0. The summed E-state index contributed by atoms with van der Waals surface area (Å²) in [5.74, 6) is -2.21. The maximum atomic E-state index is 13.2. The topological polar surface area (TPSA) is 47.6 Å². The molecule has 0 radical (unpaired) electrons. The van der Waals surface area contributed by atoms with E-state index in [-0.39, 0.29) is 5.56 Å². The van der Waals surface area contributed by atoms with Gasteiger partial charge in [0.25, 0.3) is 0 Å². The average Bonchev–Trinajstić information content (AvgIpc) is 2.73. The molecule has 0 spiro atoms.